The number of aldehydes is 1. The normalized spacial score (nSPS) is 23.2. The molecule has 1 fully saturated rings. The van der Waals surface area contributed by atoms with E-state index >= 15 is 0 Å². The molecule has 0 aliphatic carbocycles. The lowest BCUT2D eigenvalue weighted by atomic mass is 9.83. The Morgan fingerprint density at radius 3 is 2.54 bits per heavy atom. The molecule has 1 aliphatic rings. The van der Waals surface area contributed by atoms with Gasteiger partial charge in [0.15, 0.2) is 0 Å². The SMILES string of the molecule is CCC[C@H]1O[C@H](COC)[C@H](O)[C@H](C=O)[C@H]1Nc1nccc(OCCOCCOCCNC(=O)OC(C)(C)C)n1. The Bertz CT molecular complexity index is 855. The number of hydrogen-bond acceptors (Lipinski definition) is 12. The van der Waals surface area contributed by atoms with Crippen LogP contribution in [0.4, 0.5) is 10.7 Å². The van der Waals surface area contributed by atoms with Crippen LogP contribution in [0.2, 0.25) is 0 Å². The molecule has 222 valence electrons. The summed E-state index contributed by atoms with van der Waals surface area (Å²) < 4.78 is 32.9. The van der Waals surface area contributed by atoms with Crippen molar-refractivity contribution in [2.45, 2.75) is 70.5 Å². The minimum Gasteiger partial charge on any atom is -0.475 e. The summed E-state index contributed by atoms with van der Waals surface area (Å²) in [6, 6.07) is 1.11. The van der Waals surface area contributed by atoms with Gasteiger partial charge in [-0.25, -0.2) is 9.78 Å². The van der Waals surface area contributed by atoms with Crippen LogP contribution < -0.4 is 15.4 Å². The lowest BCUT2D eigenvalue weighted by Crippen LogP contribution is -2.58. The van der Waals surface area contributed by atoms with E-state index < -0.39 is 35.9 Å². The second-order valence-corrected chi connectivity index (χ2v) is 10.1. The maximum absolute atomic E-state index is 11.9. The summed E-state index contributed by atoms with van der Waals surface area (Å²) in [7, 11) is 1.53. The van der Waals surface area contributed by atoms with E-state index in [0.29, 0.717) is 45.3 Å². The van der Waals surface area contributed by atoms with Gasteiger partial charge < -0.3 is 49.0 Å². The molecule has 1 aromatic heterocycles. The molecule has 2 rings (SSSR count). The molecule has 1 amide bonds. The highest BCUT2D eigenvalue weighted by molar-refractivity contribution is 5.67. The van der Waals surface area contributed by atoms with E-state index in [0.717, 1.165) is 12.7 Å². The average molecular weight is 557 g/mol. The van der Waals surface area contributed by atoms with Gasteiger partial charge >= 0.3 is 6.09 Å². The summed E-state index contributed by atoms with van der Waals surface area (Å²) >= 11 is 0. The molecule has 1 aromatic rings. The van der Waals surface area contributed by atoms with E-state index in [4.69, 9.17) is 28.4 Å². The van der Waals surface area contributed by atoms with Gasteiger partial charge in [-0.3, -0.25) is 0 Å². The number of aliphatic hydroxyl groups excluding tert-OH is 1. The second kappa shape index (κ2) is 17.2. The smallest absolute Gasteiger partial charge is 0.407 e. The maximum atomic E-state index is 11.9. The van der Waals surface area contributed by atoms with Crippen molar-refractivity contribution >= 4 is 18.3 Å². The molecule has 39 heavy (non-hydrogen) atoms. The Morgan fingerprint density at radius 2 is 1.87 bits per heavy atom. The molecule has 0 bridgehead atoms. The third-order valence-corrected chi connectivity index (χ3v) is 5.69. The third kappa shape index (κ3) is 12.0. The highest BCUT2D eigenvalue weighted by atomic mass is 16.6. The number of rotatable bonds is 17. The van der Waals surface area contributed by atoms with E-state index in [-0.39, 0.29) is 25.3 Å². The van der Waals surface area contributed by atoms with E-state index in [1.807, 2.05) is 6.92 Å². The van der Waals surface area contributed by atoms with E-state index in [9.17, 15) is 14.7 Å². The van der Waals surface area contributed by atoms with Crippen LogP contribution in [0.5, 0.6) is 5.88 Å². The molecule has 1 aliphatic heterocycles. The minimum absolute atomic E-state index is 0.192. The van der Waals surface area contributed by atoms with Crippen molar-refractivity contribution in [1.82, 2.24) is 15.3 Å². The van der Waals surface area contributed by atoms with Gasteiger partial charge in [0.05, 0.1) is 57.2 Å². The van der Waals surface area contributed by atoms with Crippen LogP contribution in [-0.2, 0) is 28.5 Å². The molecule has 0 unspecified atom stereocenters. The summed E-state index contributed by atoms with van der Waals surface area (Å²) in [5.74, 6) is -0.113. The van der Waals surface area contributed by atoms with Crippen LogP contribution >= 0.6 is 0 Å². The predicted octanol–water partition coefficient (Wildman–Crippen LogP) is 1.58. The van der Waals surface area contributed by atoms with Gasteiger partial charge in [0.1, 0.15) is 24.6 Å². The Hall–Kier alpha value is -2.58. The lowest BCUT2D eigenvalue weighted by molar-refractivity contribution is -0.170. The first-order valence-corrected chi connectivity index (χ1v) is 13.3. The predicted molar refractivity (Wildman–Crippen MR) is 142 cm³/mol. The van der Waals surface area contributed by atoms with Gasteiger partial charge in [-0.2, -0.15) is 4.98 Å². The average Bonchev–Trinajstić information content (AvgIpc) is 2.87. The van der Waals surface area contributed by atoms with Crippen molar-refractivity contribution in [3.05, 3.63) is 12.3 Å². The van der Waals surface area contributed by atoms with E-state index in [1.54, 1.807) is 33.0 Å². The number of anilines is 1. The van der Waals surface area contributed by atoms with E-state index in [1.165, 1.54) is 7.11 Å². The minimum atomic E-state index is -1.02. The number of ether oxygens (including phenoxy) is 6. The van der Waals surface area contributed by atoms with Crippen molar-refractivity contribution in [2.75, 3.05) is 58.6 Å². The lowest BCUT2D eigenvalue weighted by Gasteiger charge is -2.43. The van der Waals surface area contributed by atoms with E-state index in [2.05, 4.69) is 20.6 Å². The zero-order valence-corrected chi connectivity index (χ0v) is 23.6. The van der Waals surface area contributed by atoms with Crippen LogP contribution in [0.25, 0.3) is 0 Å². The topological polar surface area (TPSA) is 160 Å². The number of aromatic nitrogens is 2. The Kier molecular flexibility index (Phi) is 14.4. The summed E-state index contributed by atoms with van der Waals surface area (Å²) in [5, 5.41) is 16.4. The second-order valence-electron chi connectivity index (χ2n) is 10.1. The summed E-state index contributed by atoms with van der Waals surface area (Å²) in [6.45, 7) is 9.62. The fourth-order valence-electron chi connectivity index (χ4n) is 3.99. The fraction of sp³-hybridized carbons (Fsp3) is 0.769. The molecule has 2 heterocycles. The van der Waals surface area contributed by atoms with Gasteiger partial charge in [0.25, 0.3) is 0 Å². The molecular formula is C26H44N4O9. The number of aliphatic hydroxyl groups is 1. The number of amides is 1. The quantitative estimate of drug-likeness (QED) is 0.188. The molecule has 0 saturated carbocycles. The van der Waals surface area contributed by atoms with Gasteiger partial charge in [0.2, 0.25) is 11.8 Å². The highest BCUT2D eigenvalue weighted by Gasteiger charge is 2.45. The number of hydrogen-bond donors (Lipinski definition) is 3. The zero-order chi connectivity index (χ0) is 28.7. The molecule has 1 saturated heterocycles. The number of carbonyl (C=O) groups excluding carboxylic acids is 2. The number of methoxy groups -OCH3 is 1. The number of nitrogens with one attached hydrogen (secondary N) is 2. The molecule has 3 N–H and O–H groups in total. The molecule has 0 aromatic carbocycles. The molecular weight excluding hydrogens is 512 g/mol. The Labute approximate surface area is 230 Å². The van der Waals surface area contributed by atoms with Crippen molar-refractivity contribution in [2.24, 2.45) is 5.92 Å². The summed E-state index contributed by atoms with van der Waals surface area (Å²) in [4.78, 5) is 32.1. The van der Waals surface area contributed by atoms with Gasteiger partial charge in [-0.1, -0.05) is 13.3 Å². The van der Waals surface area contributed by atoms with Gasteiger partial charge in [-0.15, -0.1) is 0 Å². The standard InChI is InChI=1S/C26H44N4O9/c1-6-7-19-22(18(16-31)23(32)20(38-19)17-34-5)30-24-27-9-8-21(29-24)37-15-14-36-13-12-35-11-10-28-25(33)39-26(2,3)4/h8-9,16,18-20,22-23,32H,6-7,10-15,17H2,1-5H3,(H,28,33)(H,27,29,30)/t18-,19-,20-,22-,23-/m1/s1. The van der Waals surface area contributed by atoms with Crippen LogP contribution in [-0.4, -0.2) is 111 Å². The Morgan fingerprint density at radius 1 is 1.15 bits per heavy atom. The highest BCUT2D eigenvalue weighted by Crippen LogP contribution is 2.30. The fourth-order valence-corrected chi connectivity index (χ4v) is 3.99. The third-order valence-electron chi connectivity index (χ3n) is 5.69. The van der Waals surface area contributed by atoms with Crippen LogP contribution in [0.1, 0.15) is 40.5 Å². The van der Waals surface area contributed by atoms with Crippen LogP contribution in [0.3, 0.4) is 0 Å². The molecule has 0 spiro atoms. The molecule has 5 atom stereocenters. The molecule has 13 nitrogen and oxygen atoms in total. The van der Waals surface area contributed by atoms with Crippen LogP contribution in [0, 0.1) is 5.92 Å². The van der Waals surface area contributed by atoms with Crippen molar-refractivity contribution in [1.29, 1.82) is 0 Å². The largest absolute Gasteiger partial charge is 0.475 e. The number of nitrogens with zero attached hydrogens (tertiary/aromatic N) is 2. The maximum Gasteiger partial charge on any atom is 0.407 e. The first kappa shape index (κ1) is 32.6. The Balaban J connectivity index is 1.71. The van der Waals surface area contributed by atoms with Crippen molar-refractivity contribution in [3.63, 3.8) is 0 Å². The first-order valence-electron chi connectivity index (χ1n) is 13.3. The zero-order valence-electron chi connectivity index (χ0n) is 23.6. The summed E-state index contributed by atoms with van der Waals surface area (Å²) in [6.07, 6.45) is 1.40. The molecule has 0 radical (unpaired) electrons. The molecule has 13 heteroatoms. The summed E-state index contributed by atoms with van der Waals surface area (Å²) in [5.41, 5.74) is -0.538. The monoisotopic (exact) mass is 556 g/mol. The van der Waals surface area contributed by atoms with Gasteiger partial charge in [-0.05, 0) is 27.2 Å². The number of alkyl carbamates (subject to hydrolysis) is 1. The van der Waals surface area contributed by atoms with Crippen molar-refractivity contribution < 1.29 is 43.1 Å². The van der Waals surface area contributed by atoms with Crippen molar-refractivity contribution in [3.8, 4) is 5.88 Å². The first-order chi connectivity index (χ1) is 18.7. The van der Waals surface area contributed by atoms with Gasteiger partial charge in [0, 0.05) is 25.9 Å². The number of carbonyl (C=O) groups is 2. The van der Waals surface area contributed by atoms with Crippen LogP contribution in [0.15, 0.2) is 12.3 Å².